The summed E-state index contributed by atoms with van der Waals surface area (Å²) in [7, 11) is 0. The van der Waals surface area contributed by atoms with Crippen molar-refractivity contribution in [2.75, 3.05) is 37.9 Å². The predicted molar refractivity (Wildman–Crippen MR) is 119 cm³/mol. The molecule has 0 unspecified atom stereocenters. The number of hydrogen-bond acceptors (Lipinski definition) is 6. The first-order chi connectivity index (χ1) is 13.7. The molecule has 0 bridgehead atoms. The lowest BCUT2D eigenvalue weighted by Crippen LogP contribution is -1.98. The van der Waals surface area contributed by atoms with Crippen molar-refractivity contribution in [1.82, 2.24) is 0 Å². The standard InChI is InChI=1S/C22H30O4S2/c1-5-23-17-9-11-19(25-7-3)21(15-17)27-13-14-28-22-16-18(24-6-2)10-12-20(22)26-8-4/h9-12,15-16H,5-8,13-14H2,1-4H3. The van der Waals surface area contributed by atoms with Crippen molar-refractivity contribution in [2.24, 2.45) is 0 Å². The molecule has 4 nitrogen and oxygen atoms in total. The highest BCUT2D eigenvalue weighted by Gasteiger charge is 2.09. The van der Waals surface area contributed by atoms with Gasteiger partial charge >= 0.3 is 0 Å². The molecule has 0 aromatic heterocycles. The third-order valence-corrected chi connectivity index (χ3v) is 5.99. The van der Waals surface area contributed by atoms with Gasteiger partial charge in [-0.15, -0.1) is 23.5 Å². The highest BCUT2D eigenvalue weighted by atomic mass is 32.2. The third-order valence-electron chi connectivity index (χ3n) is 3.65. The summed E-state index contributed by atoms with van der Waals surface area (Å²) in [4.78, 5) is 2.22. The summed E-state index contributed by atoms with van der Waals surface area (Å²) in [6, 6.07) is 12.0. The molecule has 6 heteroatoms. The van der Waals surface area contributed by atoms with Crippen LogP contribution in [0.25, 0.3) is 0 Å². The number of benzene rings is 2. The van der Waals surface area contributed by atoms with Crippen molar-refractivity contribution in [1.29, 1.82) is 0 Å². The van der Waals surface area contributed by atoms with Crippen LogP contribution in [0.4, 0.5) is 0 Å². The zero-order valence-corrected chi connectivity index (χ0v) is 18.8. The smallest absolute Gasteiger partial charge is 0.133 e. The van der Waals surface area contributed by atoms with Crippen LogP contribution in [0.15, 0.2) is 46.2 Å². The van der Waals surface area contributed by atoms with E-state index in [4.69, 9.17) is 18.9 Å². The van der Waals surface area contributed by atoms with E-state index in [0.29, 0.717) is 26.4 Å². The lowest BCUT2D eigenvalue weighted by atomic mass is 10.3. The summed E-state index contributed by atoms with van der Waals surface area (Å²) in [6.45, 7) is 10.6. The first-order valence-corrected chi connectivity index (χ1v) is 11.7. The zero-order chi connectivity index (χ0) is 20.2. The maximum atomic E-state index is 5.76. The summed E-state index contributed by atoms with van der Waals surface area (Å²) in [5.74, 6) is 5.48. The maximum absolute atomic E-state index is 5.76. The summed E-state index contributed by atoms with van der Waals surface area (Å²) in [6.07, 6.45) is 0. The van der Waals surface area contributed by atoms with E-state index in [1.165, 1.54) is 0 Å². The molecular formula is C22H30O4S2. The molecular weight excluding hydrogens is 392 g/mol. The van der Waals surface area contributed by atoms with Gasteiger partial charge in [0.05, 0.1) is 36.2 Å². The van der Waals surface area contributed by atoms with Crippen molar-refractivity contribution in [3.05, 3.63) is 36.4 Å². The fourth-order valence-electron chi connectivity index (χ4n) is 2.57. The van der Waals surface area contributed by atoms with E-state index < -0.39 is 0 Å². The molecule has 0 spiro atoms. The summed E-state index contributed by atoms with van der Waals surface area (Å²) >= 11 is 3.56. The minimum absolute atomic E-state index is 0.651. The van der Waals surface area contributed by atoms with Crippen molar-refractivity contribution in [2.45, 2.75) is 37.5 Å². The topological polar surface area (TPSA) is 36.9 Å². The fourth-order valence-corrected chi connectivity index (χ4v) is 4.61. The first-order valence-electron chi connectivity index (χ1n) is 9.76. The zero-order valence-electron chi connectivity index (χ0n) is 17.2. The second-order valence-corrected chi connectivity index (χ2v) is 7.92. The van der Waals surface area contributed by atoms with E-state index in [9.17, 15) is 0 Å². The molecule has 0 aliphatic carbocycles. The van der Waals surface area contributed by atoms with E-state index in [1.807, 2.05) is 52.0 Å². The molecule has 154 valence electrons. The Hall–Kier alpha value is -1.66. The van der Waals surface area contributed by atoms with Crippen LogP contribution in [-0.4, -0.2) is 37.9 Å². The van der Waals surface area contributed by atoms with Gasteiger partial charge in [-0.05, 0) is 64.1 Å². The molecule has 0 saturated carbocycles. The second kappa shape index (κ2) is 12.7. The molecule has 28 heavy (non-hydrogen) atoms. The Kier molecular flexibility index (Phi) is 10.3. The van der Waals surface area contributed by atoms with Gasteiger partial charge in [0.1, 0.15) is 23.0 Å². The van der Waals surface area contributed by atoms with E-state index in [0.717, 1.165) is 44.3 Å². The molecule has 0 heterocycles. The number of thioether (sulfide) groups is 2. The average molecular weight is 423 g/mol. The Labute approximate surface area is 177 Å². The molecule has 0 N–H and O–H groups in total. The average Bonchev–Trinajstić information content (AvgIpc) is 2.69. The molecule has 0 radical (unpaired) electrons. The minimum Gasteiger partial charge on any atom is -0.494 e. The largest absolute Gasteiger partial charge is 0.494 e. The van der Waals surface area contributed by atoms with Crippen LogP contribution in [0, 0.1) is 0 Å². The molecule has 0 fully saturated rings. The lowest BCUT2D eigenvalue weighted by Gasteiger charge is -2.13. The maximum Gasteiger partial charge on any atom is 0.133 e. The Morgan fingerprint density at radius 3 is 1.32 bits per heavy atom. The van der Waals surface area contributed by atoms with Gasteiger partial charge in [-0.1, -0.05) is 0 Å². The quantitative estimate of drug-likeness (QED) is 0.284. The van der Waals surface area contributed by atoms with Gasteiger partial charge in [-0.25, -0.2) is 0 Å². The van der Waals surface area contributed by atoms with Crippen LogP contribution in [0.5, 0.6) is 23.0 Å². The molecule has 2 aromatic rings. The number of rotatable bonds is 13. The number of hydrogen-bond donors (Lipinski definition) is 0. The van der Waals surface area contributed by atoms with Crippen LogP contribution in [0.2, 0.25) is 0 Å². The Bertz CT molecular complexity index is 660. The molecule has 2 aromatic carbocycles. The predicted octanol–water partition coefficient (Wildman–Crippen LogP) is 6.17. The van der Waals surface area contributed by atoms with Gasteiger partial charge in [0.2, 0.25) is 0 Å². The molecule has 0 aliphatic heterocycles. The van der Waals surface area contributed by atoms with Gasteiger partial charge in [0, 0.05) is 11.5 Å². The molecule has 0 atom stereocenters. The summed E-state index contributed by atoms with van der Waals surface area (Å²) in [5.41, 5.74) is 0. The molecule has 0 amide bonds. The minimum atomic E-state index is 0.651. The molecule has 2 rings (SSSR count). The van der Waals surface area contributed by atoms with E-state index in [-0.39, 0.29) is 0 Å². The van der Waals surface area contributed by atoms with Gasteiger partial charge in [0.25, 0.3) is 0 Å². The third kappa shape index (κ3) is 7.06. The Balaban J connectivity index is 1.99. The first kappa shape index (κ1) is 22.6. The van der Waals surface area contributed by atoms with Crippen LogP contribution in [0.1, 0.15) is 27.7 Å². The second-order valence-electron chi connectivity index (χ2n) is 5.65. The summed E-state index contributed by atoms with van der Waals surface area (Å²) < 4.78 is 22.8. The highest BCUT2D eigenvalue weighted by Crippen LogP contribution is 2.36. The van der Waals surface area contributed by atoms with Crippen molar-refractivity contribution < 1.29 is 18.9 Å². The van der Waals surface area contributed by atoms with Crippen LogP contribution < -0.4 is 18.9 Å². The van der Waals surface area contributed by atoms with Gasteiger partial charge < -0.3 is 18.9 Å². The normalized spacial score (nSPS) is 10.6. The lowest BCUT2D eigenvalue weighted by molar-refractivity contribution is 0.323. The fraction of sp³-hybridized carbons (Fsp3) is 0.455. The Morgan fingerprint density at radius 1 is 0.571 bits per heavy atom. The summed E-state index contributed by atoms with van der Waals surface area (Å²) in [5, 5.41) is 0. The molecule has 0 saturated heterocycles. The van der Waals surface area contributed by atoms with Crippen LogP contribution in [-0.2, 0) is 0 Å². The van der Waals surface area contributed by atoms with Crippen LogP contribution >= 0.6 is 23.5 Å². The van der Waals surface area contributed by atoms with Gasteiger partial charge in [-0.2, -0.15) is 0 Å². The molecule has 0 aliphatic rings. The SMILES string of the molecule is CCOc1ccc(OCC)c(SCCSc2cc(OCC)ccc2OCC)c1. The van der Waals surface area contributed by atoms with Gasteiger partial charge in [-0.3, -0.25) is 0 Å². The van der Waals surface area contributed by atoms with E-state index in [2.05, 4.69) is 12.1 Å². The van der Waals surface area contributed by atoms with Crippen molar-refractivity contribution in [3.8, 4) is 23.0 Å². The number of ether oxygens (including phenoxy) is 4. The Morgan fingerprint density at radius 2 is 0.964 bits per heavy atom. The van der Waals surface area contributed by atoms with E-state index >= 15 is 0 Å². The van der Waals surface area contributed by atoms with Crippen LogP contribution in [0.3, 0.4) is 0 Å². The monoisotopic (exact) mass is 422 g/mol. The van der Waals surface area contributed by atoms with E-state index in [1.54, 1.807) is 23.5 Å². The van der Waals surface area contributed by atoms with Crippen molar-refractivity contribution >= 4 is 23.5 Å². The van der Waals surface area contributed by atoms with Crippen molar-refractivity contribution in [3.63, 3.8) is 0 Å². The van der Waals surface area contributed by atoms with Gasteiger partial charge in [0.15, 0.2) is 0 Å². The highest BCUT2D eigenvalue weighted by molar-refractivity contribution is 8.03.